The number of amides is 2. The van der Waals surface area contributed by atoms with Crippen molar-refractivity contribution in [2.24, 2.45) is 0 Å². The van der Waals surface area contributed by atoms with Crippen LogP contribution in [0.25, 0.3) is 0 Å². The zero-order chi connectivity index (χ0) is 13.5. The van der Waals surface area contributed by atoms with E-state index >= 15 is 0 Å². The number of rotatable bonds is 5. The lowest BCUT2D eigenvalue weighted by Gasteiger charge is -2.10. The Morgan fingerprint density at radius 1 is 1.22 bits per heavy atom. The molecule has 0 saturated carbocycles. The Morgan fingerprint density at radius 2 is 1.78 bits per heavy atom. The third kappa shape index (κ3) is 4.45. The second-order valence-corrected chi connectivity index (χ2v) is 4.06. The van der Waals surface area contributed by atoms with Crippen LogP contribution in [0.3, 0.4) is 0 Å². The van der Waals surface area contributed by atoms with Crippen LogP contribution in [0.15, 0.2) is 24.3 Å². The fraction of sp³-hybridized carbons (Fsp3) is 0.385. The number of carbonyl (C=O) groups is 2. The van der Waals surface area contributed by atoms with Crippen molar-refractivity contribution in [3.63, 3.8) is 0 Å². The van der Waals surface area contributed by atoms with Gasteiger partial charge in [0.2, 0.25) is 0 Å². The van der Waals surface area contributed by atoms with Crippen LogP contribution in [0.1, 0.15) is 25.0 Å². The number of hydrogen-bond donors (Lipinski definition) is 3. The first-order valence-corrected chi connectivity index (χ1v) is 5.88. The minimum absolute atomic E-state index is 0.377. The predicted molar refractivity (Wildman–Crippen MR) is 68.3 cm³/mol. The minimum Gasteiger partial charge on any atom is -0.480 e. The van der Waals surface area contributed by atoms with Gasteiger partial charge in [-0.05, 0) is 24.5 Å². The van der Waals surface area contributed by atoms with Gasteiger partial charge >= 0.3 is 12.0 Å². The predicted octanol–water partition coefficient (Wildman–Crippen LogP) is 1.52. The highest BCUT2D eigenvalue weighted by Gasteiger charge is 2.12. The fourth-order valence-electron chi connectivity index (χ4n) is 1.38. The molecule has 0 bridgehead atoms. The van der Waals surface area contributed by atoms with E-state index in [1.54, 1.807) is 0 Å². The summed E-state index contributed by atoms with van der Waals surface area (Å²) in [5.41, 5.74) is 2.22. The minimum atomic E-state index is -1.06. The Hall–Kier alpha value is -2.04. The second kappa shape index (κ2) is 6.64. The van der Waals surface area contributed by atoms with E-state index in [2.05, 4.69) is 17.6 Å². The van der Waals surface area contributed by atoms with Gasteiger partial charge in [0, 0.05) is 6.54 Å². The van der Waals surface area contributed by atoms with Crippen LogP contribution in [0, 0.1) is 0 Å². The molecule has 5 heteroatoms. The third-order valence-electron chi connectivity index (χ3n) is 2.60. The number of nitrogens with one attached hydrogen (secondary N) is 2. The van der Waals surface area contributed by atoms with E-state index in [-0.39, 0.29) is 0 Å². The van der Waals surface area contributed by atoms with Crippen LogP contribution in [0.2, 0.25) is 0 Å². The number of hydrogen-bond acceptors (Lipinski definition) is 2. The van der Waals surface area contributed by atoms with Gasteiger partial charge in [0.15, 0.2) is 0 Å². The van der Waals surface area contributed by atoms with Crippen molar-refractivity contribution in [3.8, 4) is 0 Å². The summed E-state index contributed by atoms with van der Waals surface area (Å²) >= 11 is 0. The summed E-state index contributed by atoms with van der Waals surface area (Å²) in [5.74, 6) is -1.06. The lowest BCUT2D eigenvalue weighted by Crippen LogP contribution is -2.44. The average Bonchev–Trinajstić information content (AvgIpc) is 2.36. The zero-order valence-corrected chi connectivity index (χ0v) is 10.6. The molecule has 0 aliphatic heterocycles. The van der Waals surface area contributed by atoms with Crippen molar-refractivity contribution >= 4 is 12.0 Å². The maximum atomic E-state index is 11.4. The van der Waals surface area contributed by atoms with Gasteiger partial charge in [-0.2, -0.15) is 0 Å². The van der Waals surface area contributed by atoms with Crippen LogP contribution in [-0.4, -0.2) is 23.1 Å². The van der Waals surface area contributed by atoms with Crippen LogP contribution in [-0.2, 0) is 17.8 Å². The van der Waals surface area contributed by atoms with E-state index in [1.807, 2.05) is 24.3 Å². The van der Waals surface area contributed by atoms with Crippen LogP contribution in [0.5, 0.6) is 0 Å². The first kappa shape index (κ1) is 14.0. The molecule has 1 rings (SSSR count). The van der Waals surface area contributed by atoms with E-state index in [1.165, 1.54) is 12.5 Å². The molecule has 0 aliphatic carbocycles. The molecule has 5 nitrogen and oxygen atoms in total. The molecule has 18 heavy (non-hydrogen) atoms. The van der Waals surface area contributed by atoms with Crippen LogP contribution in [0.4, 0.5) is 4.79 Å². The monoisotopic (exact) mass is 250 g/mol. The van der Waals surface area contributed by atoms with Gasteiger partial charge in [0.05, 0.1) is 0 Å². The van der Waals surface area contributed by atoms with Crippen molar-refractivity contribution < 1.29 is 14.7 Å². The van der Waals surface area contributed by atoms with E-state index in [9.17, 15) is 9.59 Å². The van der Waals surface area contributed by atoms with Gasteiger partial charge in [-0.15, -0.1) is 0 Å². The number of carboxylic acid groups (broad SMARTS) is 1. The van der Waals surface area contributed by atoms with Gasteiger partial charge in [0.25, 0.3) is 0 Å². The van der Waals surface area contributed by atoms with E-state index < -0.39 is 18.0 Å². The normalized spacial score (nSPS) is 11.7. The summed E-state index contributed by atoms with van der Waals surface area (Å²) in [5, 5.41) is 13.6. The smallest absolute Gasteiger partial charge is 0.325 e. The second-order valence-electron chi connectivity index (χ2n) is 4.06. The number of carbonyl (C=O) groups excluding carboxylic acids is 1. The van der Waals surface area contributed by atoms with Gasteiger partial charge in [-0.25, -0.2) is 4.79 Å². The number of urea groups is 1. The molecule has 0 aliphatic rings. The molecule has 0 unspecified atom stereocenters. The van der Waals surface area contributed by atoms with Gasteiger partial charge in [-0.3, -0.25) is 4.79 Å². The van der Waals surface area contributed by atoms with Gasteiger partial charge in [-0.1, -0.05) is 31.2 Å². The Bertz CT molecular complexity index is 415. The number of benzene rings is 1. The molecular weight excluding hydrogens is 232 g/mol. The Kier molecular flexibility index (Phi) is 5.17. The molecular formula is C13H18N2O3. The van der Waals surface area contributed by atoms with Crippen molar-refractivity contribution in [1.82, 2.24) is 10.6 Å². The largest absolute Gasteiger partial charge is 0.480 e. The summed E-state index contributed by atoms with van der Waals surface area (Å²) < 4.78 is 0. The van der Waals surface area contributed by atoms with Crippen molar-refractivity contribution in [3.05, 3.63) is 35.4 Å². The first-order valence-electron chi connectivity index (χ1n) is 5.88. The summed E-state index contributed by atoms with van der Waals surface area (Å²) in [4.78, 5) is 21.9. The number of carboxylic acids is 1. The average molecular weight is 250 g/mol. The van der Waals surface area contributed by atoms with Crippen molar-refractivity contribution in [1.29, 1.82) is 0 Å². The maximum Gasteiger partial charge on any atom is 0.325 e. The molecule has 0 radical (unpaired) electrons. The molecule has 98 valence electrons. The van der Waals surface area contributed by atoms with E-state index in [0.717, 1.165) is 12.0 Å². The molecule has 0 aromatic heterocycles. The lowest BCUT2D eigenvalue weighted by atomic mass is 10.1. The Balaban J connectivity index is 2.40. The van der Waals surface area contributed by atoms with E-state index in [4.69, 9.17) is 5.11 Å². The third-order valence-corrected chi connectivity index (χ3v) is 2.60. The Labute approximate surface area is 106 Å². The molecule has 0 saturated heterocycles. The van der Waals surface area contributed by atoms with Gasteiger partial charge < -0.3 is 15.7 Å². The molecule has 2 amide bonds. The van der Waals surface area contributed by atoms with Crippen LogP contribution < -0.4 is 10.6 Å². The fourth-order valence-corrected chi connectivity index (χ4v) is 1.38. The molecule has 3 N–H and O–H groups in total. The highest BCUT2D eigenvalue weighted by molar-refractivity contribution is 5.82. The Morgan fingerprint density at radius 3 is 2.28 bits per heavy atom. The van der Waals surface area contributed by atoms with Crippen molar-refractivity contribution in [2.45, 2.75) is 32.9 Å². The topological polar surface area (TPSA) is 78.4 Å². The SMILES string of the molecule is CCc1ccc(CNC(=O)N[C@H](C)C(=O)O)cc1. The number of aryl methyl sites for hydroxylation is 1. The summed E-state index contributed by atoms with van der Waals surface area (Å²) in [6.45, 7) is 3.87. The maximum absolute atomic E-state index is 11.4. The molecule has 0 heterocycles. The molecule has 0 spiro atoms. The molecule has 1 atom stereocenters. The highest BCUT2D eigenvalue weighted by atomic mass is 16.4. The van der Waals surface area contributed by atoms with E-state index in [0.29, 0.717) is 6.54 Å². The quantitative estimate of drug-likeness (QED) is 0.741. The highest BCUT2D eigenvalue weighted by Crippen LogP contribution is 2.04. The summed E-state index contributed by atoms with van der Waals surface area (Å²) in [7, 11) is 0. The first-order chi connectivity index (χ1) is 8.52. The summed E-state index contributed by atoms with van der Waals surface area (Å²) in [6, 6.07) is 6.53. The van der Waals surface area contributed by atoms with Crippen LogP contribution >= 0.6 is 0 Å². The van der Waals surface area contributed by atoms with Gasteiger partial charge in [0.1, 0.15) is 6.04 Å². The standard InChI is InChI=1S/C13H18N2O3/c1-3-10-4-6-11(7-5-10)8-14-13(18)15-9(2)12(16)17/h4-7,9H,3,8H2,1-2H3,(H,16,17)(H2,14,15,18)/t9-/m1/s1. The lowest BCUT2D eigenvalue weighted by molar-refractivity contribution is -0.138. The zero-order valence-electron chi connectivity index (χ0n) is 10.6. The van der Waals surface area contributed by atoms with Crippen molar-refractivity contribution in [2.75, 3.05) is 0 Å². The molecule has 0 fully saturated rings. The number of aliphatic carboxylic acids is 1. The summed E-state index contributed by atoms with van der Waals surface area (Å²) in [6.07, 6.45) is 0.977. The molecule has 1 aromatic rings. The molecule has 1 aromatic carbocycles.